The van der Waals surface area contributed by atoms with Crippen molar-refractivity contribution >= 4 is 61.0 Å². The Morgan fingerprint density at radius 3 is 1.76 bits per heavy atom. The molecule has 0 aliphatic carbocycles. The van der Waals surface area contributed by atoms with Crippen molar-refractivity contribution in [3.8, 4) is 0 Å². The van der Waals surface area contributed by atoms with E-state index in [4.69, 9.17) is 11.2 Å². The van der Waals surface area contributed by atoms with E-state index in [1.54, 1.807) is 0 Å². The van der Waals surface area contributed by atoms with E-state index in [1.165, 1.54) is 27.1 Å². The Morgan fingerprint density at radius 1 is 0.789 bits per heavy atom. The standard InChI is InChI=1S/C32H36ClIN2P2/c1-3-4-25-36(37(33,29-21-13-7-14-22-29)30-23-15-8-16-24-30)38(34)31(27-17-9-5-10-18-27)26-35(2)32(38)28-19-11-6-12-20-28/h5-24,26,32,37-38H,3-4,25H2,1-2H3/t32-/m1/s1. The Morgan fingerprint density at radius 2 is 1.26 bits per heavy atom. The van der Waals surface area contributed by atoms with E-state index >= 15 is 0 Å². The van der Waals surface area contributed by atoms with Crippen LogP contribution in [-0.4, -0.2) is 22.9 Å². The van der Waals surface area contributed by atoms with Crippen LogP contribution in [0.4, 0.5) is 0 Å². The number of rotatable bonds is 9. The number of hydrogen-bond acceptors (Lipinski definition) is 2. The molecule has 2 nitrogen and oxygen atoms in total. The third-order valence-corrected chi connectivity index (χ3v) is 25.3. The van der Waals surface area contributed by atoms with Gasteiger partial charge in [-0.25, -0.2) is 0 Å². The van der Waals surface area contributed by atoms with Crippen LogP contribution in [0, 0.1) is 0 Å². The number of unbranched alkanes of at least 4 members (excludes halogenated alkanes) is 1. The van der Waals surface area contributed by atoms with E-state index in [9.17, 15) is 0 Å². The summed E-state index contributed by atoms with van der Waals surface area (Å²) in [5, 5.41) is 1.41. The van der Waals surface area contributed by atoms with Gasteiger partial charge in [0.2, 0.25) is 0 Å². The van der Waals surface area contributed by atoms with Crippen molar-refractivity contribution in [2.24, 2.45) is 0 Å². The molecule has 4 aromatic rings. The summed E-state index contributed by atoms with van der Waals surface area (Å²) in [4.78, 5) is 2.46. The van der Waals surface area contributed by atoms with Crippen molar-refractivity contribution in [1.82, 2.24) is 9.34 Å². The van der Waals surface area contributed by atoms with Crippen LogP contribution < -0.4 is 10.6 Å². The van der Waals surface area contributed by atoms with Gasteiger partial charge >= 0.3 is 248 Å². The summed E-state index contributed by atoms with van der Waals surface area (Å²) in [6.07, 6.45) is 4.64. The first kappa shape index (κ1) is 27.8. The van der Waals surface area contributed by atoms with Crippen LogP contribution in [0.2, 0.25) is 0 Å². The van der Waals surface area contributed by atoms with Crippen molar-refractivity contribution in [3.05, 3.63) is 139 Å². The zero-order chi connectivity index (χ0) is 26.6. The summed E-state index contributed by atoms with van der Waals surface area (Å²) in [5.41, 5.74) is 2.66. The van der Waals surface area contributed by atoms with Gasteiger partial charge in [-0.3, -0.25) is 0 Å². The van der Waals surface area contributed by atoms with Gasteiger partial charge in [0.25, 0.3) is 0 Å². The van der Waals surface area contributed by atoms with Gasteiger partial charge in [0, 0.05) is 0 Å². The van der Waals surface area contributed by atoms with Crippen LogP contribution in [0.3, 0.4) is 0 Å². The van der Waals surface area contributed by atoms with Crippen LogP contribution >= 0.6 is 45.1 Å². The summed E-state index contributed by atoms with van der Waals surface area (Å²) in [5.74, 6) is 0.231. The molecule has 5 rings (SSSR count). The molecule has 38 heavy (non-hydrogen) atoms. The fourth-order valence-electron chi connectivity index (χ4n) is 5.72. The summed E-state index contributed by atoms with van der Waals surface area (Å²) >= 11 is 11.2. The number of benzene rings is 4. The second kappa shape index (κ2) is 12.2. The van der Waals surface area contributed by atoms with Gasteiger partial charge in [-0.05, 0) is 0 Å². The van der Waals surface area contributed by atoms with E-state index < -0.39 is 11.8 Å². The molecule has 0 saturated heterocycles. The molecule has 4 aromatic carbocycles. The summed E-state index contributed by atoms with van der Waals surface area (Å²) in [6, 6.07) is 43.8. The van der Waals surface area contributed by atoms with Gasteiger partial charge in [-0.1, -0.05) is 0 Å². The molecule has 0 radical (unpaired) electrons. The summed E-state index contributed by atoms with van der Waals surface area (Å²) < 4.78 is 2.84. The first-order chi connectivity index (χ1) is 18.5. The second-order valence-electron chi connectivity index (χ2n) is 9.92. The molecule has 1 aliphatic rings. The van der Waals surface area contributed by atoms with Gasteiger partial charge in [-0.2, -0.15) is 0 Å². The number of halogens is 2. The molecule has 198 valence electrons. The molecule has 0 amide bonds. The molecular formula is C32H36ClIN2P2. The average Bonchev–Trinajstić information content (AvgIpc) is 3.25. The quantitative estimate of drug-likeness (QED) is 0.129. The Labute approximate surface area is 246 Å². The fraction of sp³-hybridized carbons (Fsp3) is 0.188. The maximum absolute atomic E-state index is 8.26. The molecule has 1 aliphatic heterocycles. The zero-order valence-electron chi connectivity index (χ0n) is 22.0. The van der Waals surface area contributed by atoms with Crippen molar-refractivity contribution < 1.29 is 0 Å². The van der Waals surface area contributed by atoms with E-state index in [1.807, 2.05) is 0 Å². The van der Waals surface area contributed by atoms with Crippen LogP contribution in [-0.2, 0) is 0 Å². The topological polar surface area (TPSA) is 6.48 Å². The zero-order valence-corrected chi connectivity index (χ0v) is 26.9. The Bertz CT molecular complexity index is 1320. The van der Waals surface area contributed by atoms with Crippen LogP contribution in [0.1, 0.15) is 36.7 Å². The van der Waals surface area contributed by atoms with Crippen LogP contribution in [0.5, 0.6) is 0 Å². The van der Waals surface area contributed by atoms with Gasteiger partial charge in [0.15, 0.2) is 0 Å². The van der Waals surface area contributed by atoms with Crippen LogP contribution in [0.25, 0.3) is 5.31 Å². The Kier molecular flexibility index (Phi) is 8.92. The molecule has 0 unspecified atom stereocenters. The van der Waals surface area contributed by atoms with Crippen molar-refractivity contribution in [3.63, 3.8) is 0 Å². The Hall–Kier alpha value is -1.74. The minimum absolute atomic E-state index is 0.231. The van der Waals surface area contributed by atoms with E-state index in [0.717, 1.165) is 19.4 Å². The SMILES string of the molecule is CCCCN([PH](Cl)(c1ccccc1)c1ccccc1)[PH]1(I)C(c2ccccc2)=CN(C)[C@H]1c1ccccc1. The fourth-order valence-corrected chi connectivity index (χ4v) is 26.5. The predicted molar refractivity (Wildman–Crippen MR) is 182 cm³/mol. The summed E-state index contributed by atoms with van der Waals surface area (Å²) in [6.45, 7) is 0.356. The molecule has 0 N–H and O–H groups in total. The monoisotopic (exact) mass is 672 g/mol. The second-order valence-corrected chi connectivity index (χ2v) is 22.9. The predicted octanol–water partition coefficient (Wildman–Crippen LogP) is 9.22. The van der Waals surface area contributed by atoms with Gasteiger partial charge < -0.3 is 0 Å². The van der Waals surface area contributed by atoms with Crippen molar-refractivity contribution in [2.75, 3.05) is 13.6 Å². The molecule has 1 atom stereocenters. The van der Waals surface area contributed by atoms with E-state index in [0.29, 0.717) is 0 Å². The van der Waals surface area contributed by atoms with Crippen molar-refractivity contribution in [2.45, 2.75) is 25.5 Å². The first-order valence-electron chi connectivity index (χ1n) is 13.3. The average molecular weight is 673 g/mol. The van der Waals surface area contributed by atoms with Gasteiger partial charge in [0.1, 0.15) is 0 Å². The first-order valence-corrected chi connectivity index (χ1v) is 21.4. The summed E-state index contributed by atoms with van der Waals surface area (Å²) in [7, 11) is 2.24. The Balaban J connectivity index is 1.80. The van der Waals surface area contributed by atoms with E-state index in [2.05, 4.69) is 173 Å². The molecule has 0 spiro atoms. The third kappa shape index (κ3) is 5.09. The molecule has 0 aromatic heterocycles. The van der Waals surface area contributed by atoms with Crippen molar-refractivity contribution in [1.29, 1.82) is 0 Å². The molecule has 6 heteroatoms. The molecule has 0 fully saturated rings. The van der Waals surface area contributed by atoms with Gasteiger partial charge in [0.05, 0.1) is 0 Å². The van der Waals surface area contributed by atoms with Gasteiger partial charge in [-0.15, -0.1) is 0 Å². The maximum atomic E-state index is 8.26. The number of nitrogens with zero attached hydrogens (tertiary/aromatic N) is 2. The van der Waals surface area contributed by atoms with E-state index in [-0.39, 0.29) is 5.78 Å². The molecule has 0 bridgehead atoms. The molecular weight excluding hydrogens is 637 g/mol. The third-order valence-electron chi connectivity index (χ3n) is 7.49. The minimum atomic E-state index is -2.89. The normalized spacial score (nSPS) is 18.3. The van der Waals surface area contributed by atoms with Crippen LogP contribution in [0.15, 0.2) is 128 Å². The molecule has 1 heterocycles. The molecule has 0 saturated carbocycles. The number of hydrogen-bond donors (Lipinski definition) is 0.